The Balaban J connectivity index is 1.86. The first-order chi connectivity index (χ1) is 22.2. The van der Waals surface area contributed by atoms with E-state index in [1.54, 1.807) is 36.4 Å². The molecule has 0 aliphatic rings. The molecule has 0 amide bonds. The number of methoxy groups -OCH3 is 2. The average Bonchev–Trinajstić information content (AvgIpc) is 3.05. The number of rotatable bonds is 19. The van der Waals surface area contributed by atoms with Crippen LogP contribution in [0, 0.1) is 0 Å². The highest BCUT2D eigenvalue weighted by molar-refractivity contribution is 5.78. The van der Waals surface area contributed by atoms with E-state index in [-0.39, 0.29) is 30.5 Å². The highest BCUT2D eigenvalue weighted by Gasteiger charge is 2.28. The third-order valence-corrected chi connectivity index (χ3v) is 8.06. The molecule has 3 rings (SSSR count). The molecule has 3 N–H and O–H groups in total. The first kappa shape index (κ1) is 36.2. The summed E-state index contributed by atoms with van der Waals surface area (Å²) in [5, 5.41) is 29.8. The zero-order chi connectivity index (χ0) is 33.5. The van der Waals surface area contributed by atoms with E-state index in [4.69, 9.17) is 18.9 Å². The van der Waals surface area contributed by atoms with Crippen LogP contribution in [0.2, 0.25) is 0 Å². The number of aliphatic hydroxyl groups is 1. The van der Waals surface area contributed by atoms with Gasteiger partial charge in [-0.25, -0.2) is 0 Å². The van der Waals surface area contributed by atoms with Crippen molar-refractivity contribution in [3.63, 3.8) is 0 Å². The minimum Gasteiger partial charge on any atom is -0.504 e. The summed E-state index contributed by atoms with van der Waals surface area (Å²) < 4.78 is 22.5. The lowest BCUT2D eigenvalue weighted by atomic mass is 9.91. The van der Waals surface area contributed by atoms with Gasteiger partial charge in [-0.2, -0.15) is 0 Å². The molecule has 3 aromatic carbocycles. The third kappa shape index (κ3) is 11.3. The van der Waals surface area contributed by atoms with Crippen molar-refractivity contribution in [3.8, 4) is 23.0 Å². The molecule has 0 saturated carbocycles. The lowest BCUT2D eigenvalue weighted by Gasteiger charge is -2.26. The summed E-state index contributed by atoms with van der Waals surface area (Å²) in [4.78, 5) is 26.1. The lowest BCUT2D eigenvalue weighted by molar-refractivity contribution is -0.156. The molecule has 0 aliphatic heterocycles. The van der Waals surface area contributed by atoms with E-state index in [0.717, 1.165) is 41.5 Å². The van der Waals surface area contributed by atoms with E-state index in [1.165, 1.54) is 21.1 Å². The van der Waals surface area contributed by atoms with Gasteiger partial charge in [0, 0.05) is 13.3 Å². The molecule has 250 valence electrons. The molecule has 0 bridgehead atoms. The molecular weight excluding hydrogens is 588 g/mol. The van der Waals surface area contributed by atoms with Crippen molar-refractivity contribution in [1.82, 2.24) is 0 Å². The number of benzene rings is 3. The molecule has 0 unspecified atom stereocenters. The molecule has 0 spiro atoms. The largest absolute Gasteiger partial charge is 0.504 e. The zero-order valence-corrected chi connectivity index (χ0v) is 27.4. The Bertz CT molecular complexity index is 1400. The zero-order valence-electron chi connectivity index (χ0n) is 27.4. The van der Waals surface area contributed by atoms with Crippen molar-refractivity contribution in [1.29, 1.82) is 0 Å². The maximum absolute atomic E-state index is 13.9. The average molecular weight is 637 g/mol. The summed E-state index contributed by atoms with van der Waals surface area (Å²) in [6, 6.07) is 17.6. The summed E-state index contributed by atoms with van der Waals surface area (Å²) in [6.45, 7) is 3.34. The van der Waals surface area contributed by atoms with Gasteiger partial charge in [0.05, 0.1) is 26.7 Å². The Morgan fingerprint density at radius 3 is 1.85 bits per heavy atom. The third-order valence-electron chi connectivity index (χ3n) is 8.06. The molecule has 0 saturated heterocycles. The number of ether oxygens (including phenoxy) is 4. The van der Waals surface area contributed by atoms with Gasteiger partial charge in [-0.1, -0.05) is 62.6 Å². The van der Waals surface area contributed by atoms with Crippen LogP contribution in [0.5, 0.6) is 23.0 Å². The second-order valence-corrected chi connectivity index (χ2v) is 11.6. The van der Waals surface area contributed by atoms with Crippen LogP contribution in [0.4, 0.5) is 0 Å². The van der Waals surface area contributed by atoms with Crippen LogP contribution < -0.4 is 9.47 Å². The Morgan fingerprint density at radius 1 is 0.739 bits per heavy atom. The van der Waals surface area contributed by atoms with Gasteiger partial charge in [0.2, 0.25) is 0 Å². The van der Waals surface area contributed by atoms with Crippen molar-refractivity contribution in [2.45, 2.75) is 96.4 Å². The molecule has 3 atom stereocenters. The number of carbonyl (C=O) groups is 2. The minimum atomic E-state index is -0.583. The van der Waals surface area contributed by atoms with Crippen molar-refractivity contribution < 1.29 is 43.9 Å². The molecule has 3 aromatic rings. The fourth-order valence-electron chi connectivity index (χ4n) is 5.56. The standard InChI is InChI=1S/C37H48O9/c1-5-6-7-11-32(29-10-8-9-28(20-29)24-38)37(42)46-31(17-13-27-15-19-34(41)36(22-27)44-4)23-30(45-25(2)39)16-12-26-14-18-33(40)35(21-26)43-3/h8-10,14-15,18-22,30-32,38,40-41H,5-7,11-13,16-17,23-24H2,1-4H3/t30-,31-,32-/m0/s1. The first-order valence-corrected chi connectivity index (χ1v) is 16.0. The van der Waals surface area contributed by atoms with Crippen molar-refractivity contribution >= 4 is 11.9 Å². The number of aromatic hydroxyl groups is 2. The normalized spacial score (nSPS) is 13.0. The number of aliphatic hydroxyl groups excluding tert-OH is 1. The lowest BCUT2D eigenvalue weighted by Crippen LogP contribution is -2.30. The number of hydrogen-bond acceptors (Lipinski definition) is 9. The molecule has 0 aliphatic carbocycles. The Kier molecular flexibility index (Phi) is 14.7. The van der Waals surface area contributed by atoms with Crippen LogP contribution in [0.25, 0.3) is 0 Å². The predicted molar refractivity (Wildman–Crippen MR) is 175 cm³/mol. The summed E-state index contributed by atoms with van der Waals surface area (Å²) in [6.07, 6.45) is 4.59. The van der Waals surface area contributed by atoms with E-state index >= 15 is 0 Å². The second-order valence-electron chi connectivity index (χ2n) is 11.6. The summed E-state index contributed by atoms with van der Waals surface area (Å²) >= 11 is 0. The maximum Gasteiger partial charge on any atom is 0.313 e. The maximum atomic E-state index is 13.9. The number of esters is 2. The topological polar surface area (TPSA) is 132 Å². The molecule has 0 fully saturated rings. The Morgan fingerprint density at radius 2 is 1.33 bits per heavy atom. The van der Waals surface area contributed by atoms with E-state index in [1.807, 2.05) is 24.3 Å². The number of aryl methyl sites for hydroxylation is 2. The first-order valence-electron chi connectivity index (χ1n) is 16.0. The molecule has 0 heterocycles. The summed E-state index contributed by atoms with van der Waals surface area (Å²) in [7, 11) is 2.97. The molecule has 9 nitrogen and oxygen atoms in total. The number of phenolic OH excluding ortho intramolecular Hbond substituents is 2. The fraction of sp³-hybridized carbons (Fsp3) is 0.459. The summed E-state index contributed by atoms with van der Waals surface area (Å²) in [5.41, 5.74) is 3.32. The molecule has 46 heavy (non-hydrogen) atoms. The van der Waals surface area contributed by atoms with Crippen LogP contribution in [-0.2, 0) is 38.5 Å². The van der Waals surface area contributed by atoms with E-state index in [0.29, 0.717) is 43.6 Å². The number of carbonyl (C=O) groups excluding carboxylic acids is 2. The van der Waals surface area contributed by atoms with Crippen LogP contribution in [-0.4, -0.2) is 53.7 Å². The smallest absolute Gasteiger partial charge is 0.313 e. The number of hydrogen-bond donors (Lipinski definition) is 3. The van der Waals surface area contributed by atoms with Crippen molar-refractivity contribution in [2.24, 2.45) is 0 Å². The predicted octanol–water partition coefficient (Wildman–Crippen LogP) is 6.77. The van der Waals surface area contributed by atoms with Gasteiger partial charge in [-0.15, -0.1) is 0 Å². The quantitative estimate of drug-likeness (QED) is 0.0963. The number of phenols is 2. The van der Waals surface area contributed by atoms with Gasteiger partial charge in [0.25, 0.3) is 0 Å². The van der Waals surface area contributed by atoms with Crippen molar-refractivity contribution in [2.75, 3.05) is 14.2 Å². The van der Waals surface area contributed by atoms with Gasteiger partial charge in [0.15, 0.2) is 23.0 Å². The van der Waals surface area contributed by atoms with Crippen LogP contribution >= 0.6 is 0 Å². The minimum absolute atomic E-state index is 0.0371. The molecule has 0 aromatic heterocycles. The molecule has 9 heteroatoms. The summed E-state index contributed by atoms with van der Waals surface area (Å²) in [5.74, 6) is -0.506. The number of unbranched alkanes of at least 4 members (excludes halogenated alkanes) is 2. The van der Waals surface area contributed by atoms with Gasteiger partial charge in [-0.3, -0.25) is 9.59 Å². The van der Waals surface area contributed by atoms with E-state index in [2.05, 4.69) is 6.92 Å². The highest BCUT2D eigenvalue weighted by atomic mass is 16.6. The Hall–Kier alpha value is -4.24. The van der Waals surface area contributed by atoms with Crippen LogP contribution in [0.1, 0.15) is 87.0 Å². The van der Waals surface area contributed by atoms with Gasteiger partial charge < -0.3 is 34.3 Å². The van der Waals surface area contributed by atoms with Crippen LogP contribution in [0.3, 0.4) is 0 Å². The Labute approximate surface area is 272 Å². The molecular formula is C37H48O9. The molecule has 0 radical (unpaired) electrons. The van der Waals surface area contributed by atoms with Gasteiger partial charge in [0.1, 0.15) is 12.2 Å². The van der Waals surface area contributed by atoms with E-state index in [9.17, 15) is 24.9 Å². The van der Waals surface area contributed by atoms with E-state index < -0.39 is 24.1 Å². The van der Waals surface area contributed by atoms with Crippen LogP contribution in [0.15, 0.2) is 60.7 Å². The van der Waals surface area contributed by atoms with Crippen molar-refractivity contribution in [3.05, 3.63) is 82.9 Å². The van der Waals surface area contributed by atoms with Gasteiger partial charge >= 0.3 is 11.9 Å². The monoisotopic (exact) mass is 636 g/mol. The SMILES string of the molecule is CCCCC[C@H](C(=O)O[C@@H](CCc1ccc(O)c(OC)c1)C[C@H](CCc1ccc(O)c(OC)c1)OC(C)=O)c1cccc(CO)c1. The second kappa shape index (κ2) is 18.7. The van der Waals surface area contributed by atoms with Gasteiger partial charge in [-0.05, 0) is 78.6 Å². The fourth-order valence-corrected chi connectivity index (χ4v) is 5.56. The highest BCUT2D eigenvalue weighted by Crippen LogP contribution is 2.31.